The number of amides is 2. The molecule has 2 aliphatic rings. The summed E-state index contributed by atoms with van der Waals surface area (Å²) >= 11 is 1.58. The van der Waals surface area contributed by atoms with Crippen molar-refractivity contribution in [3.8, 4) is 6.07 Å². The van der Waals surface area contributed by atoms with Crippen molar-refractivity contribution < 1.29 is 19.1 Å². The first-order valence-electron chi connectivity index (χ1n) is 8.79. The van der Waals surface area contributed by atoms with Crippen LogP contribution in [0.4, 0.5) is 0 Å². The summed E-state index contributed by atoms with van der Waals surface area (Å²) < 4.78 is 5.21. The zero-order valence-electron chi connectivity index (χ0n) is 15.1. The van der Waals surface area contributed by atoms with E-state index in [1.165, 1.54) is 4.90 Å². The SMILES string of the molecule is CN(CCC#N)C(=O)COC(=O)[C@@H]1CS[C@@]2(c3ccccc3)CCC(=O)N12. The Morgan fingerprint density at radius 3 is 2.85 bits per heavy atom. The molecule has 0 spiro atoms. The highest BCUT2D eigenvalue weighted by molar-refractivity contribution is 8.00. The molecule has 2 atom stereocenters. The second-order valence-corrected chi connectivity index (χ2v) is 7.87. The summed E-state index contributed by atoms with van der Waals surface area (Å²) in [7, 11) is 1.56. The molecule has 0 N–H and O–H groups in total. The highest BCUT2D eigenvalue weighted by Gasteiger charge is 2.57. The molecule has 0 aromatic heterocycles. The first-order valence-corrected chi connectivity index (χ1v) is 9.77. The normalized spacial score (nSPS) is 23.6. The van der Waals surface area contributed by atoms with Gasteiger partial charge in [0, 0.05) is 25.8 Å². The molecule has 3 rings (SSSR count). The maximum absolute atomic E-state index is 12.6. The second-order valence-electron chi connectivity index (χ2n) is 6.57. The molecule has 27 heavy (non-hydrogen) atoms. The summed E-state index contributed by atoms with van der Waals surface area (Å²) in [4.78, 5) is 39.6. The number of fused-ring (bicyclic) bond motifs is 1. The van der Waals surface area contributed by atoms with Crippen molar-refractivity contribution in [2.24, 2.45) is 0 Å². The van der Waals surface area contributed by atoms with Crippen LogP contribution in [0.3, 0.4) is 0 Å². The molecule has 2 aliphatic heterocycles. The van der Waals surface area contributed by atoms with Gasteiger partial charge in [-0.25, -0.2) is 4.79 Å². The van der Waals surface area contributed by atoms with E-state index >= 15 is 0 Å². The standard InChI is InChI=1S/C19H21N3O4S/c1-21(11-5-10-20)17(24)12-26-18(25)15-13-27-19(9-8-16(23)22(15)19)14-6-3-2-4-7-14/h2-4,6-7,15H,5,8-9,11-13H2,1H3/t15-,19+/m0/s1. The number of rotatable bonds is 6. The predicted molar refractivity (Wildman–Crippen MR) is 99.3 cm³/mol. The smallest absolute Gasteiger partial charge is 0.330 e. The van der Waals surface area contributed by atoms with Gasteiger partial charge in [0.1, 0.15) is 10.9 Å². The van der Waals surface area contributed by atoms with Crippen LogP contribution in [-0.2, 0) is 24.0 Å². The number of carbonyl (C=O) groups excluding carboxylic acids is 3. The van der Waals surface area contributed by atoms with Gasteiger partial charge in [0.25, 0.3) is 5.91 Å². The lowest BCUT2D eigenvalue weighted by Crippen LogP contribution is -2.47. The van der Waals surface area contributed by atoms with Crippen molar-refractivity contribution in [1.29, 1.82) is 5.26 Å². The average molecular weight is 387 g/mol. The molecule has 142 valence electrons. The minimum atomic E-state index is -0.692. The number of carbonyl (C=O) groups is 3. The van der Waals surface area contributed by atoms with Crippen LogP contribution in [0, 0.1) is 11.3 Å². The third kappa shape index (κ3) is 3.65. The first kappa shape index (κ1) is 19.2. The van der Waals surface area contributed by atoms with Crippen LogP contribution in [0.5, 0.6) is 0 Å². The third-order valence-electron chi connectivity index (χ3n) is 4.95. The maximum Gasteiger partial charge on any atom is 0.330 e. The van der Waals surface area contributed by atoms with E-state index in [9.17, 15) is 14.4 Å². The van der Waals surface area contributed by atoms with Crippen molar-refractivity contribution in [3.63, 3.8) is 0 Å². The van der Waals surface area contributed by atoms with Crippen LogP contribution in [0.1, 0.15) is 24.8 Å². The molecular formula is C19H21N3O4S. The van der Waals surface area contributed by atoms with Gasteiger partial charge in [0.15, 0.2) is 6.61 Å². The van der Waals surface area contributed by atoms with Crippen LogP contribution < -0.4 is 0 Å². The van der Waals surface area contributed by atoms with E-state index < -0.39 is 16.9 Å². The fourth-order valence-electron chi connectivity index (χ4n) is 3.50. The van der Waals surface area contributed by atoms with Crippen molar-refractivity contribution in [2.45, 2.75) is 30.2 Å². The Hall–Kier alpha value is -2.53. The summed E-state index contributed by atoms with van der Waals surface area (Å²) in [5.41, 5.74) is 1.00. The van der Waals surface area contributed by atoms with E-state index in [0.717, 1.165) is 5.56 Å². The van der Waals surface area contributed by atoms with E-state index in [-0.39, 0.29) is 31.4 Å². The molecule has 0 bridgehead atoms. The number of thioether (sulfide) groups is 1. The second kappa shape index (κ2) is 8.01. The molecule has 2 fully saturated rings. The summed E-state index contributed by atoms with van der Waals surface area (Å²) in [6, 6.07) is 11.0. The van der Waals surface area contributed by atoms with E-state index in [4.69, 9.17) is 10.00 Å². The first-order chi connectivity index (χ1) is 13.0. The van der Waals surface area contributed by atoms with Gasteiger partial charge in [0.2, 0.25) is 5.91 Å². The van der Waals surface area contributed by atoms with Crippen LogP contribution in [0.25, 0.3) is 0 Å². The van der Waals surface area contributed by atoms with Gasteiger partial charge in [0.05, 0.1) is 12.5 Å². The van der Waals surface area contributed by atoms with Crippen molar-refractivity contribution in [2.75, 3.05) is 26.0 Å². The molecule has 1 aromatic rings. The Labute approximate surface area is 162 Å². The highest BCUT2D eigenvalue weighted by atomic mass is 32.2. The zero-order chi connectivity index (χ0) is 19.4. The van der Waals surface area contributed by atoms with Gasteiger partial charge < -0.3 is 14.5 Å². The maximum atomic E-state index is 12.6. The Morgan fingerprint density at radius 1 is 1.41 bits per heavy atom. The van der Waals surface area contributed by atoms with Crippen LogP contribution in [0.2, 0.25) is 0 Å². The summed E-state index contributed by atoms with van der Waals surface area (Å²) in [6.07, 6.45) is 1.26. The molecule has 2 amide bonds. The lowest BCUT2D eigenvalue weighted by molar-refractivity contribution is -0.158. The number of hydrogen-bond acceptors (Lipinski definition) is 6. The summed E-state index contributed by atoms with van der Waals surface area (Å²) in [6.45, 7) is -0.101. The number of esters is 1. The average Bonchev–Trinajstić information content (AvgIpc) is 3.24. The molecule has 2 saturated heterocycles. The number of likely N-dealkylation sites (N-methyl/N-ethyl adjacent to an activating group) is 1. The minimum absolute atomic E-state index is 0.0664. The van der Waals surface area contributed by atoms with E-state index in [1.54, 1.807) is 23.7 Å². The molecular weight excluding hydrogens is 366 g/mol. The fourth-order valence-corrected chi connectivity index (χ4v) is 5.13. The molecule has 1 aromatic carbocycles. The van der Waals surface area contributed by atoms with Gasteiger partial charge in [-0.2, -0.15) is 5.26 Å². The number of nitriles is 1. The molecule has 7 nitrogen and oxygen atoms in total. The Balaban J connectivity index is 1.67. The van der Waals surface area contributed by atoms with Gasteiger partial charge >= 0.3 is 5.97 Å². The zero-order valence-corrected chi connectivity index (χ0v) is 15.9. The number of benzene rings is 1. The fraction of sp³-hybridized carbons (Fsp3) is 0.474. The highest BCUT2D eigenvalue weighted by Crippen LogP contribution is 2.54. The third-order valence-corrected chi connectivity index (χ3v) is 6.54. The molecule has 0 radical (unpaired) electrons. The lowest BCUT2D eigenvalue weighted by atomic mass is 10.0. The minimum Gasteiger partial charge on any atom is -0.454 e. The van der Waals surface area contributed by atoms with Gasteiger partial charge in [-0.1, -0.05) is 30.3 Å². The Kier molecular flexibility index (Phi) is 5.71. The van der Waals surface area contributed by atoms with Gasteiger partial charge in [-0.3, -0.25) is 9.59 Å². The number of ether oxygens (including phenoxy) is 1. The Morgan fingerprint density at radius 2 is 2.15 bits per heavy atom. The molecule has 8 heteroatoms. The van der Waals surface area contributed by atoms with Crippen molar-refractivity contribution in [1.82, 2.24) is 9.80 Å². The molecule has 0 unspecified atom stereocenters. The van der Waals surface area contributed by atoms with E-state index in [1.807, 2.05) is 36.4 Å². The molecule has 2 heterocycles. The van der Waals surface area contributed by atoms with E-state index in [0.29, 0.717) is 18.6 Å². The number of hydrogen-bond donors (Lipinski definition) is 0. The topological polar surface area (TPSA) is 90.7 Å². The predicted octanol–water partition coefficient (Wildman–Crippen LogP) is 1.49. The van der Waals surface area contributed by atoms with Crippen molar-refractivity contribution >= 4 is 29.5 Å². The largest absolute Gasteiger partial charge is 0.454 e. The summed E-state index contributed by atoms with van der Waals surface area (Å²) in [5.74, 6) is -0.551. The van der Waals surface area contributed by atoms with Crippen LogP contribution >= 0.6 is 11.8 Å². The van der Waals surface area contributed by atoms with Gasteiger partial charge in [-0.15, -0.1) is 11.8 Å². The molecule has 0 aliphatic carbocycles. The molecule has 0 saturated carbocycles. The van der Waals surface area contributed by atoms with Crippen LogP contribution in [-0.4, -0.2) is 59.6 Å². The Bertz CT molecular complexity index is 779. The summed E-state index contributed by atoms with van der Waals surface area (Å²) in [5, 5.41) is 8.58. The number of nitrogens with zero attached hydrogens (tertiary/aromatic N) is 3. The quantitative estimate of drug-likeness (QED) is 0.687. The lowest BCUT2D eigenvalue weighted by Gasteiger charge is -2.33. The van der Waals surface area contributed by atoms with Crippen LogP contribution in [0.15, 0.2) is 30.3 Å². The monoisotopic (exact) mass is 387 g/mol. The van der Waals surface area contributed by atoms with E-state index in [2.05, 4.69) is 0 Å². The van der Waals surface area contributed by atoms with Gasteiger partial charge in [-0.05, 0) is 12.0 Å². The van der Waals surface area contributed by atoms with Crippen molar-refractivity contribution in [3.05, 3.63) is 35.9 Å².